The Bertz CT molecular complexity index is 423. The molecule has 2 unspecified atom stereocenters. The first-order chi connectivity index (χ1) is 9.11. The number of ether oxygens (including phenoxy) is 1. The summed E-state index contributed by atoms with van der Waals surface area (Å²) in [6.07, 6.45) is 3.53. The van der Waals surface area contributed by atoms with Crippen molar-refractivity contribution in [2.45, 2.75) is 44.8 Å². The van der Waals surface area contributed by atoms with E-state index in [1.807, 2.05) is 6.92 Å². The van der Waals surface area contributed by atoms with Crippen LogP contribution in [0.5, 0.6) is 5.75 Å². The Hall–Kier alpha value is -1.13. The van der Waals surface area contributed by atoms with E-state index in [1.165, 1.54) is 18.9 Å². The van der Waals surface area contributed by atoms with Crippen LogP contribution in [0.2, 0.25) is 0 Å². The zero-order chi connectivity index (χ0) is 13.8. The Morgan fingerprint density at radius 3 is 2.95 bits per heavy atom. The molecule has 0 bridgehead atoms. The summed E-state index contributed by atoms with van der Waals surface area (Å²) < 4.78 is 18.7. The first kappa shape index (κ1) is 14.3. The predicted octanol–water partition coefficient (Wildman–Crippen LogP) is 2.54. The lowest BCUT2D eigenvalue weighted by Crippen LogP contribution is -2.48. The standard InChI is InChI=1S/C15H23FN2O/c1-11(17)14-5-3-4-8-18(14)10-12-9-13(16)6-7-15(12)19-2/h6-7,9,11,14H,3-5,8,10,17H2,1-2H3. The van der Waals surface area contributed by atoms with Gasteiger partial charge in [-0.3, -0.25) is 4.90 Å². The van der Waals surface area contributed by atoms with E-state index in [1.54, 1.807) is 19.2 Å². The highest BCUT2D eigenvalue weighted by Crippen LogP contribution is 2.26. The minimum atomic E-state index is -0.217. The van der Waals surface area contributed by atoms with Crippen molar-refractivity contribution in [1.29, 1.82) is 0 Å². The highest BCUT2D eigenvalue weighted by Gasteiger charge is 2.26. The minimum Gasteiger partial charge on any atom is -0.496 e. The number of rotatable bonds is 4. The summed E-state index contributed by atoms with van der Waals surface area (Å²) in [6, 6.07) is 5.20. The molecule has 1 saturated heterocycles. The summed E-state index contributed by atoms with van der Waals surface area (Å²) in [4.78, 5) is 2.35. The van der Waals surface area contributed by atoms with Crippen molar-refractivity contribution < 1.29 is 9.13 Å². The molecule has 1 aliphatic heterocycles. The van der Waals surface area contributed by atoms with Gasteiger partial charge in [0.05, 0.1) is 7.11 Å². The van der Waals surface area contributed by atoms with Gasteiger partial charge in [-0.05, 0) is 44.5 Å². The summed E-state index contributed by atoms with van der Waals surface area (Å²) in [5.74, 6) is 0.528. The van der Waals surface area contributed by atoms with Crippen molar-refractivity contribution >= 4 is 0 Å². The third kappa shape index (κ3) is 3.45. The molecule has 2 atom stereocenters. The number of hydrogen-bond donors (Lipinski definition) is 1. The van der Waals surface area contributed by atoms with Crippen LogP contribution in [0.15, 0.2) is 18.2 Å². The molecule has 0 aliphatic carbocycles. The van der Waals surface area contributed by atoms with Crippen molar-refractivity contribution in [2.75, 3.05) is 13.7 Å². The number of methoxy groups -OCH3 is 1. The Morgan fingerprint density at radius 1 is 1.47 bits per heavy atom. The average Bonchev–Trinajstić information content (AvgIpc) is 2.39. The van der Waals surface area contributed by atoms with Gasteiger partial charge in [-0.25, -0.2) is 4.39 Å². The van der Waals surface area contributed by atoms with Gasteiger partial charge in [0, 0.05) is 24.2 Å². The summed E-state index contributed by atoms with van der Waals surface area (Å²) in [7, 11) is 1.62. The lowest BCUT2D eigenvalue weighted by molar-refractivity contribution is 0.121. The summed E-state index contributed by atoms with van der Waals surface area (Å²) in [5.41, 5.74) is 6.96. The van der Waals surface area contributed by atoms with Gasteiger partial charge in [0.15, 0.2) is 0 Å². The molecular weight excluding hydrogens is 243 g/mol. The van der Waals surface area contributed by atoms with Crippen molar-refractivity contribution in [3.8, 4) is 5.75 Å². The fourth-order valence-corrected chi connectivity index (χ4v) is 2.90. The lowest BCUT2D eigenvalue weighted by atomic mass is 9.96. The predicted molar refractivity (Wildman–Crippen MR) is 74.7 cm³/mol. The van der Waals surface area contributed by atoms with E-state index >= 15 is 0 Å². The zero-order valence-electron chi connectivity index (χ0n) is 11.7. The maximum absolute atomic E-state index is 13.4. The number of piperidine rings is 1. The number of halogens is 1. The van der Waals surface area contributed by atoms with Crippen LogP contribution in [-0.4, -0.2) is 30.6 Å². The molecule has 2 N–H and O–H groups in total. The fraction of sp³-hybridized carbons (Fsp3) is 0.600. The van der Waals surface area contributed by atoms with Crippen LogP contribution in [0.3, 0.4) is 0 Å². The molecule has 4 heteroatoms. The van der Waals surface area contributed by atoms with Crippen LogP contribution in [0.25, 0.3) is 0 Å². The molecule has 2 rings (SSSR count). The maximum atomic E-state index is 13.4. The molecular formula is C15H23FN2O. The second-order valence-corrected chi connectivity index (χ2v) is 5.35. The number of nitrogens with two attached hydrogens (primary N) is 1. The Morgan fingerprint density at radius 2 is 2.26 bits per heavy atom. The third-order valence-electron chi connectivity index (χ3n) is 3.89. The monoisotopic (exact) mass is 266 g/mol. The first-order valence-corrected chi connectivity index (χ1v) is 6.94. The zero-order valence-corrected chi connectivity index (χ0v) is 11.7. The normalized spacial score (nSPS) is 22.2. The van der Waals surface area contributed by atoms with E-state index in [0.717, 1.165) is 24.3 Å². The Kier molecular flexibility index (Phi) is 4.77. The van der Waals surface area contributed by atoms with Gasteiger partial charge in [0.1, 0.15) is 11.6 Å². The number of hydrogen-bond acceptors (Lipinski definition) is 3. The first-order valence-electron chi connectivity index (χ1n) is 6.94. The SMILES string of the molecule is COc1ccc(F)cc1CN1CCCCC1C(C)N. The van der Waals surface area contributed by atoms with Crippen LogP contribution in [-0.2, 0) is 6.54 Å². The van der Waals surface area contributed by atoms with Gasteiger partial charge in [-0.1, -0.05) is 6.42 Å². The average molecular weight is 266 g/mol. The molecule has 106 valence electrons. The molecule has 0 amide bonds. The molecule has 1 aromatic rings. The molecule has 0 aromatic heterocycles. The van der Waals surface area contributed by atoms with Crippen LogP contribution in [0.1, 0.15) is 31.7 Å². The number of nitrogens with zero attached hydrogens (tertiary/aromatic N) is 1. The molecule has 0 saturated carbocycles. The van der Waals surface area contributed by atoms with Gasteiger partial charge in [-0.2, -0.15) is 0 Å². The van der Waals surface area contributed by atoms with E-state index in [0.29, 0.717) is 12.6 Å². The van der Waals surface area contributed by atoms with Gasteiger partial charge in [0.25, 0.3) is 0 Å². The summed E-state index contributed by atoms with van der Waals surface area (Å²) in [6.45, 7) is 3.77. The molecule has 1 heterocycles. The quantitative estimate of drug-likeness (QED) is 0.910. The molecule has 1 fully saturated rings. The van der Waals surface area contributed by atoms with Gasteiger partial charge >= 0.3 is 0 Å². The smallest absolute Gasteiger partial charge is 0.123 e. The molecule has 19 heavy (non-hydrogen) atoms. The second kappa shape index (κ2) is 6.35. The molecule has 1 aliphatic rings. The highest BCUT2D eigenvalue weighted by atomic mass is 19.1. The van der Waals surface area contributed by atoms with Crippen LogP contribution >= 0.6 is 0 Å². The Balaban J connectivity index is 2.16. The van der Waals surface area contributed by atoms with Gasteiger partial charge < -0.3 is 10.5 Å². The third-order valence-corrected chi connectivity index (χ3v) is 3.89. The maximum Gasteiger partial charge on any atom is 0.123 e. The van der Waals surface area contributed by atoms with Crippen molar-refractivity contribution in [2.24, 2.45) is 5.73 Å². The van der Waals surface area contributed by atoms with E-state index in [2.05, 4.69) is 4.90 Å². The fourth-order valence-electron chi connectivity index (χ4n) is 2.90. The molecule has 3 nitrogen and oxygen atoms in total. The molecule has 0 radical (unpaired) electrons. The minimum absolute atomic E-state index is 0.139. The largest absolute Gasteiger partial charge is 0.496 e. The number of benzene rings is 1. The second-order valence-electron chi connectivity index (χ2n) is 5.35. The summed E-state index contributed by atoms with van der Waals surface area (Å²) in [5, 5.41) is 0. The van der Waals surface area contributed by atoms with Gasteiger partial charge in [0.2, 0.25) is 0 Å². The van der Waals surface area contributed by atoms with Gasteiger partial charge in [-0.15, -0.1) is 0 Å². The topological polar surface area (TPSA) is 38.5 Å². The van der Waals surface area contributed by atoms with Crippen molar-refractivity contribution in [1.82, 2.24) is 4.90 Å². The van der Waals surface area contributed by atoms with Crippen molar-refractivity contribution in [3.63, 3.8) is 0 Å². The van der Waals surface area contributed by atoms with Crippen molar-refractivity contribution in [3.05, 3.63) is 29.6 Å². The number of likely N-dealkylation sites (tertiary alicyclic amines) is 1. The van der Waals surface area contributed by atoms with Crippen LogP contribution < -0.4 is 10.5 Å². The van der Waals surface area contributed by atoms with Crippen LogP contribution in [0.4, 0.5) is 4.39 Å². The molecule has 1 aromatic carbocycles. The highest BCUT2D eigenvalue weighted by molar-refractivity contribution is 5.34. The van der Waals surface area contributed by atoms with E-state index < -0.39 is 0 Å². The Labute approximate surface area is 114 Å². The van der Waals surface area contributed by atoms with E-state index in [4.69, 9.17) is 10.5 Å². The van der Waals surface area contributed by atoms with Crippen LogP contribution in [0, 0.1) is 5.82 Å². The van der Waals surface area contributed by atoms with E-state index in [9.17, 15) is 4.39 Å². The summed E-state index contributed by atoms with van der Waals surface area (Å²) >= 11 is 0. The van der Waals surface area contributed by atoms with E-state index in [-0.39, 0.29) is 11.9 Å². The lowest BCUT2D eigenvalue weighted by Gasteiger charge is -2.38. The molecule has 0 spiro atoms.